The number of carbonyl (C=O) groups is 1. The van der Waals surface area contributed by atoms with E-state index in [2.05, 4.69) is 10.1 Å². The van der Waals surface area contributed by atoms with Crippen molar-refractivity contribution in [1.29, 1.82) is 0 Å². The molecule has 0 unspecified atom stereocenters. The molecule has 0 spiro atoms. The lowest BCUT2D eigenvalue weighted by Gasteiger charge is -2.36. The van der Waals surface area contributed by atoms with Crippen LogP contribution in [0, 0.1) is 6.92 Å². The Balaban J connectivity index is 1.66. The summed E-state index contributed by atoms with van der Waals surface area (Å²) < 4.78 is 10.5. The number of amides is 1. The molecule has 1 amide bonds. The number of nitrogens with zero attached hydrogens (tertiary/aromatic N) is 3. The van der Waals surface area contributed by atoms with E-state index < -0.39 is 0 Å². The maximum atomic E-state index is 12.3. The zero-order valence-corrected chi connectivity index (χ0v) is 12.8. The summed E-state index contributed by atoms with van der Waals surface area (Å²) in [7, 11) is 1.67. The van der Waals surface area contributed by atoms with Gasteiger partial charge in [0.1, 0.15) is 5.75 Å². The first kappa shape index (κ1) is 14.4. The second-order valence-corrected chi connectivity index (χ2v) is 5.28. The number of hydrogen-bond acceptors (Lipinski definition) is 5. The van der Waals surface area contributed by atoms with E-state index in [0.29, 0.717) is 18.8 Å². The van der Waals surface area contributed by atoms with Crippen molar-refractivity contribution >= 4 is 11.6 Å². The van der Waals surface area contributed by atoms with Crippen LogP contribution < -0.4 is 9.64 Å². The summed E-state index contributed by atoms with van der Waals surface area (Å²) in [4.78, 5) is 16.4. The summed E-state index contributed by atoms with van der Waals surface area (Å²) in [5.41, 5.74) is 1.78. The van der Waals surface area contributed by atoms with E-state index in [1.165, 1.54) is 0 Å². The second kappa shape index (κ2) is 6.09. The van der Waals surface area contributed by atoms with Gasteiger partial charge in [0.15, 0.2) is 0 Å². The molecule has 1 aliphatic heterocycles. The lowest BCUT2D eigenvalue weighted by atomic mass is 10.2. The van der Waals surface area contributed by atoms with Gasteiger partial charge in [0, 0.05) is 32.2 Å². The van der Waals surface area contributed by atoms with E-state index in [0.717, 1.165) is 30.2 Å². The van der Waals surface area contributed by atoms with Crippen molar-refractivity contribution in [3.8, 4) is 5.75 Å². The predicted molar refractivity (Wildman–Crippen MR) is 82.4 cm³/mol. The first-order valence-corrected chi connectivity index (χ1v) is 7.29. The molecule has 2 heterocycles. The number of carbonyl (C=O) groups excluding carboxylic acids is 1. The Morgan fingerprint density at radius 3 is 2.59 bits per heavy atom. The van der Waals surface area contributed by atoms with E-state index in [4.69, 9.17) is 9.26 Å². The van der Waals surface area contributed by atoms with Crippen LogP contribution in [0.4, 0.5) is 5.69 Å². The molecule has 116 valence electrons. The molecule has 1 fully saturated rings. The number of ether oxygens (including phenoxy) is 1. The standard InChI is InChI=1S/C16H19N3O3/c1-12-11-15(22-17-12)16(20)19-9-7-18(8-10-19)13-5-3-4-6-14(13)21-2/h3-6,11H,7-10H2,1-2H3. The molecule has 0 bridgehead atoms. The molecule has 1 aromatic carbocycles. The Kier molecular flexibility index (Phi) is 4.00. The number of anilines is 1. The number of rotatable bonds is 3. The molecule has 2 aromatic rings. The Labute approximate surface area is 129 Å². The molecule has 22 heavy (non-hydrogen) atoms. The van der Waals surface area contributed by atoms with E-state index in [1.807, 2.05) is 24.3 Å². The van der Waals surface area contributed by atoms with Crippen molar-refractivity contribution < 1.29 is 14.1 Å². The third-order valence-electron chi connectivity index (χ3n) is 3.83. The van der Waals surface area contributed by atoms with Gasteiger partial charge >= 0.3 is 0 Å². The highest BCUT2D eigenvalue weighted by atomic mass is 16.5. The molecule has 0 atom stereocenters. The third kappa shape index (κ3) is 2.77. The first-order chi connectivity index (χ1) is 10.7. The molecule has 0 radical (unpaired) electrons. The molecule has 1 aliphatic rings. The van der Waals surface area contributed by atoms with Crippen molar-refractivity contribution in [3.05, 3.63) is 41.8 Å². The summed E-state index contributed by atoms with van der Waals surface area (Å²) in [6.07, 6.45) is 0. The van der Waals surface area contributed by atoms with Crippen molar-refractivity contribution in [3.63, 3.8) is 0 Å². The average molecular weight is 301 g/mol. The summed E-state index contributed by atoms with van der Waals surface area (Å²) in [6.45, 7) is 4.63. The number of para-hydroxylation sites is 2. The van der Waals surface area contributed by atoms with Crippen LogP contribution in [0.5, 0.6) is 5.75 Å². The third-order valence-corrected chi connectivity index (χ3v) is 3.83. The monoisotopic (exact) mass is 301 g/mol. The minimum Gasteiger partial charge on any atom is -0.495 e. The normalized spacial score (nSPS) is 15.0. The van der Waals surface area contributed by atoms with Gasteiger partial charge in [0.25, 0.3) is 5.91 Å². The van der Waals surface area contributed by atoms with Gasteiger partial charge in [-0.05, 0) is 19.1 Å². The Bertz CT molecular complexity index is 660. The number of hydrogen-bond donors (Lipinski definition) is 0. The van der Waals surface area contributed by atoms with Crippen LogP contribution in [-0.2, 0) is 0 Å². The van der Waals surface area contributed by atoms with Gasteiger partial charge in [-0.2, -0.15) is 0 Å². The highest BCUT2D eigenvalue weighted by Gasteiger charge is 2.25. The molecule has 0 N–H and O–H groups in total. The molecular weight excluding hydrogens is 282 g/mol. The van der Waals surface area contributed by atoms with Gasteiger partial charge in [-0.1, -0.05) is 17.3 Å². The van der Waals surface area contributed by atoms with Crippen molar-refractivity contribution in [2.75, 3.05) is 38.2 Å². The van der Waals surface area contributed by atoms with Gasteiger partial charge in [0.05, 0.1) is 18.5 Å². The molecule has 6 heteroatoms. The molecule has 3 rings (SSSR count). The topological polar surface area (TPSA) is 58.8 Å². The number of piperazine rings is 1. The SMILES string of the molecule is COc1ccccc1N1CCN(C(=O)c2cc(C)no2)CC1. The highest BCUT2D eigenvalue weighted by molar-refractivity contribution is 5.91. The van der Waals surface area contributed by atoms with Gasteiger partial charge in [-0.25, -0.2) is 0 Å². The fourth-order valence-corrected chi connectivity index (χ4v) is 2.66. The Hall–Kier alpha value is -2.50. The molecule has 1 aromatic heterocycles. The van der Waals surface area contributed by atoms with Crippen LogP contribution in [0.25, 0.3) is 0 Å². The minimum absolute atomic E-state index is 0.0970. The zero-order valence-electron chi connectivity index (χ0n) is 12.8. The Morgan fingerprint density at radius 1 is 1.23 bits per heavy atom. The number of benzene rings is 1. The van der Waals surface area contributed by atoms with Crippen LogP contribution in [0.3, 0.4) is 0 Å². The number of methoxy groups -OCH3 is 1. The van der Waals surface area contributed by atoms with Crippen molar-refractivity contribution in [2.45, 2.75) is 6.92 Å². The fraction of sp³-hybridized carbons (Fsp3) is 0.375. The van der Waals surface area contributed by atoms with E-state index >= 15 is 0 Å². The van der Waals surface area contributed by atoms with E-state index in [-0.39, 0.29) is 5.91 Å². The van der Waals surface area contributed by atoms with Gasteiger partial charge in [-0.15, -0.1) is 0 Å². The average Bonchev–Trinajstić information content (AvgIpc) is 3.01. The summed E-state index contributed by atoms with van der Waals surface area (Å²) in [6, 6.07) is 9.61. The second-order valence-electron chi connectivity index (χ2n) is 5.28. The van der Waals surface area contributed by atoms with Crippen LogP contribution in [0.15, 0.2) is 34.9 Å². The number of aromatic nitrogens is 1. The first-order valence-electron chi connectivity index (χ1n) is 7.29. The molecule has 0 saturated carbocycles. The van der Waals surface area contributed by atoms with Crippen molar-refractivity contribution in [1.82, 2.24) is 10.1 Å². The van der Waals surface area contributed by atoms with E-state index in [9.17, 15) is 4.79 Å². The van der Waals surface area contributed by atoms with Gasteiger partial charge in [0.2, 0.25) is 5.76 Å². The predicted octanol–water partition coefficient (Wildman–Crippen LogP) is 1.95. The van der Waals surface area contributed by atoms with Crippen LogP contribution in [0.1, 0.15) is 16.2 Å². The highest BCUT2D eigenvalue weighted by Crippen LogP contribution is 2.28. The quantitative estimate of drug-likeness (QED) is 0.867. The largest absolute Gasteiger partial charge is 0.495 e. The molecule has 1 saturated heterocycles. The maximum absolute atomic E-state index is 12.3. The van der Waals surface area contributed by atoms with Crippen LogP contribution >= 0.6 is 0 Å². The summed E-state index contributed by atoms with van der Waals surface area (Å²) in [5.74, 6) is 1.07. The number of aryl methyl sites for hydroxylation is 1. The summed E-state index contributed by atoms with van der Waals surface area (Å²) in [5, 5.41) is 3.77. The van der Waals surface area contributed by atoms with Gasteiger partial charge in [-0.3, -0.25) is 4.79 Å². The summed E-state index contributed by atoms with van der Waals surface area (Å²) >= 11 is 0. The lowest BCUT2D eigenvalue weighted by Crippen LogP contribution is -2.48. The molecule has 6 nitrogen and oxygen atoms in total. The maximum Gasteiger partial charge on any atom is 0.292 e. The molecule has 0 aliphatic carbocycles. The van der Waals surface area contributed by atoms with Crippen molar-refractivity contribution in [2.24, 2.45) is 0 Å². The zero-order chi connectivity index (χ0) is 15.5. The van der Waals surface area contributed by atoms with E-state index in [1.54, 1.807) is 25.0 Å². The van der Waals surface area contributed by atoms with Crippen LogP contribution in [0.2, 0.25) is 0 Å². The smallest absolute Gasteiger partial charge is 0.292 e. The fourth-order valence-electron chi connectivity index (χ4n) is 2.66. The molecular formula is C16H19N3O3. The van der Waals surface area contributed by atoms with Gasteiger partial charge < -0.3 is 19.1 Å². The lowest BCUT2D eigenvalue weighted by molar-refractivity contribution is 0.0704. The Morgan fingerprint density at radius 2 is 1.95 bits per heavy atom. The van der Waals surface area contributed by atoms with Crippen LogP contribution in [-0.4, -0.2) is 49.3 Å². The minimum atomic E-state index is -0.0970.